The number of aromatic nitrogens is 2. The van der Waals surface area contributed by atoms with Crippen LogP contribution in [0.2, 0.25) is 0 Å². The fourth-order valence-electron chi connectivity index (χ4n) is 1.41. The predicted octanol–water partition coefficient (Wildman–Crippen LogP) is 1.58. The van der Waals surface area contributed by atoms with E-state index in [4.69, 9.17) is 0 Å². The van der Waals surface area contributed by atoms with Crippen LogP contribution in [0.15, 0.2) is 27.5 Å². The molecule has 0 saturated carbocycles. The summed E-state index contributed by atoms with van der Waals surface area (Å²) in [6.45, 7) is 1.81. The number of aldehydes is 1. The number of carbonyl (C=O) groups is 1. The minimum atomic E-state index is -0.264. The number of halogens is 1. The number of hydrogen-bond donors (Lipinski definition) is 0. The first kappa shape index (κ1) is 10.0. The van der Waals surface area contributed by atoms with Gasteiger partial charge in [0.05, 0.1) is 0 Å². The van der Waals surface area contributed by atoms with Crippen molar-refractivity contribution in [2.45, 2.75) is 6.92 Å². The first-order valence-electron chi connectivity index (χ1n) is 4.28. The molecule has 0 fully saturated rings. The first-order valence-corrected chi connectivity index (χ1v) is 5.07. The van der Waals surface area contributed by atoms with E-state index < -0.39 is 0 Å². The standard InChI is InChI=1S/C10H7BrN2O2/c1-6-3-2-4-8-12-7(5-14)9(11)10(15)13(6)8/h2-5H,1H3. The van der Waals surface area contributed by atoms with Gasteiger partial charge in [-0.15, -0.1) is 0 Å². The van der Waals surface area contributed by atoms with Crippen molar-refractivity contribution in [1.29, 1.82) is 0 Å². The first-order chi connectivity index (χ1) is 7.15. The molecule has 0 unspecified atom stereocenters. The van der Waals surface area contributed by atoms with E-state index in [0.717, 1.165) is 5.69 Å². The molecule has 4 nitrogen and oxygen atoms in total. The molecule has 5 heteroatoms. The molecule has 0 aliphatic rings. The fourth-order valence-corrected chi connectivity index (χ4v) is 1.77. The van der Waals surface area contributed by atoms with Gasteiger partial charge >= 0.3 is 0 Å². The van der Waals surface area contributed by atoms with Crippen molar-refractivity contribution in [3.63, 3.8) is 0 Å². The van der Waals surface area contributed by atoms with Crippen molar-refractivity contribution in [2.75, 3.05) is 0 Å². The molecule has 76 valence electrons. The van der Waals surface area contributed by atoms with Gasteiger partial charge in [-0.05, 0) is 35.0 Å². The zero-order valence-corrected chi connectivity index (χ0v) is 9.48. The minimum Gasteiger partial charge on any atom is -0.296 e. The maximum absolute atomic E-state index is 11.8. The molecule has 0 bridgehead atoms. The quantitative estimate of drug-likeness (QED) is 0.737. The molecule has 2 heterocycles. The Morgan fingerprint density at radius 2 is 2.20 bits per heavy atom. The summed E-state index contributed by atoms with van der Waals surface area (Å²) in [4.78, 5) is 26.6. The van der Waals surface area contributed by atoms with Gasteiger partial charge in [0, 0.05) is 5.69 Å². The van der Waals surface area contributed by atoms with Crippen LogP contribution in [0.25, 0.3) is 5.65 Å². The number of nitrogens with zero attached hydrogens (tertiary/aromatic N) is 2. The lowest BCUT2D eigenvalue weighted by Crippen LogP contribution is -2.19. The van der Waals surface area contributed by atoms with E-state index in [0.29, 0.717) is 11.9 Å². The second-order valence-electron chi connectivity index (χ2n) is 3.09. The number of hydrogen-bond acceptors (Lipinski definition) is 3. The minimum absolute atomic E-state index is 0.130. The Labute approximate surface area is 93.7 Å². The number of carbonyl (C=O) groups excluding carboxylic acids is 1. The van der Waals surface area contributed by atoms with E-state index in [1.54, 1.807) is 12.1 Å². The molecule has 0 radical (unpaired) electrons. The molecule has 0 spiro atoms. The average molecular weight is 267 g/mol. The Morgan fingerprint density at radius 3 is 2.87 bits per heavy atom. The normalized spacial score (nSPS) is 10.5. The van der Waals surface area contributed by atoms with Gasteiger partial charge in [0.2, 0.25) is 0 Å². The second-order valence-corrected chi connectivity index (χ2v) is 3.89. The summed E-state index contributed by atoms with van der Waals surface area (Å²) in [5.41, 5.74) is 1.12. The van der Waals surface area contributed by atoms with E-state index in [-0.39, 0.29) is 15.7 Å². The third-order valence-electron chi connectivity index (χ3n) is 2.13. The van der Waals surface area contributed by atoms with Gasteiger partial charge in [0.15, 0.2) is 6.29 Å². The Morgan fingerprint density at radius 1 is 1.47 bits per heavy atom. The molecule has 2 aromatic rings. The van der Waals surface area contributed by atoms with Crippen molar-refractivity contribution < 1.29 is 4.79 Å². The van der Waals surface area contributed by atoms with Gasteiger partial charge in [0.25, 0.3) is 5.56 Å². The van der Waals surface area contributed by atoms with Crippen LogP contribution in [0.4, 0.5) is 0 Å². The Balaban J connectivity index is 3.04. The molecule has 0 amide bonds. The third kappa shape index (κ3) is 1.48. The monoisotopic (exact) mass is 266 g/mol. The maximum atomic E-state index is 11.8. The lowest BCUT2D eigenvalue weighted by atomic mass is 10.3. The van der Waals surface area contributed by atoms with Crippen LogP contribution >= 0.6 is 15.9 Å². The molecule has 15 heavy (non-hydrogen) atoms. The summed E-state index contributed by atoms with van der Waals surface area (Å²) < 4.78 is 1.65. The SMILES string of the molecule is Cc1cccc2nc(C=O)c(Br)c(=O)n12. The number of aryl methyl sites for hydroxylation is 1. The molecule has 2 aromatic heterocycles. The van der Waals surface area contributed by atoms with Gasteiger partial charge in [-0.25, -0.2) is 4.98 Å². The predicted molar refractivity (Wildman–Crippen MR) is 59.3 cm³/mol. The molecule has 0 N–H and O–H groups in total. The Kier molecular flexibility index (Phi) is 2.40. The van der Waals surface area contributed by atoms with Gasteiger partial charge in [-0.3, -0.25) is 14.0 Å². The van der Waals surface area contributed by atoms with E-state index in [1.807, 2.05) is 13.0 Å². The van der Waals surface area contributed by atoms with Crippen LogP contribution in [-0.4, -0.2) is 15.7 Å². The van der Waals surface area contributed by atoms with Gasteiger partial charge in [-0.2, -0.15) is 0 Å². The largest absolute Gasteiger partial charge is 0.296 e. The van der Waals surface area contributed by atoms with Gasteiger partial charge < -0.3 is 0 Å². The highest BCUT2D eigenvalue weighted by Gasteiger charge is 2.09. The number of pyridine rings is 1. The average Bonchev–Trinajstić information content (AvgIpc) is 2.23. The molecular formula is C10H7BrN2O2. The summed E-state index contributed by atoms with van der Waals surface area (Å²) >= 11 is 3.07. The zero-order chi connectivity index (χ0) is 11.0. The van der Waals surface area contributed by atoms with E-state index >= 15 is 0 Å². The topological polar surface area (TPSA) is 51.4 Å². The van der Waals surface area contributed by atoms with Crippen LogP contribution in [0.5, 0.6) is 0 Å². The van der Waals surface area contributed by atoms with E-state index in [1.165, 1.54) is 4.40 Å². The van der Waals surface area contributed by atoms with E-state index in [9.17, 15) is 9.59 Å². The summed E-state index contributed by atoms with van der Waals surface area (Å²) in [5, 5.41) is 0. The Hall–Kier alpha value is -1.49. The molecule has 2 rings (SSSR count). The number of fused-ring (bicyclic) bond motifs is 1. The fraction of sp³-hybridized carbons (Fsp3) is 0.100. The van der Waals surface area contributed by atoms with Crippen LogP contribution in [-0.2, 0) is 0 Å². The Bertz CT molecular complexity index is 604. The molecule has 0 atom stereocenters. The molecule has 0 aliphatic carbocycles. The highest BCUT2D eigenvalue weighted by atomic mass is 79.9. The molecule has 0 saturated heterocycles. The highest BCUT2D eigenvalue weighted by molar-refractivity contribution is 9.10. The summed E-state index contributed by atoms with van der Waals surface area (Å²) in [5.74, 6) is 0. The van der Waals surface area contributed by atoms with Crippen molar-refractivity contribution in [2.24, 2.45) is 0 Å². The van der Waals surface area contributed by atoms with Crippen LogP contribution in [0, 0.1) is 6.92 Å². The van der Waals surface area contributed by atoms with E-state index in [2.05, 4.69) is 20.9 Å². The van der Waals surface area contributed by atoms with Crippen molar-refractivity contribution in [3.8, 4) is 0 Å². The summed E-state index contributed by atoms with van der Waals surface area (Å²) in [7, 11) is 0. The lowest BCUT2D eigenvalue weighted by molar-refractivity contribution is 0.111. The smallest absolute Gasteiger partial charge is 0.273 e. The highest BCUT2D eigenvalue weighted by Crippen LogP contribution is 2.10. The van der Waals surface area contributed by atoms with Crippen molar-refractivity contribution in [3.05, 3.63) is 44.4 Å². The molecular weight excluding hydrogens is 260 g/mol. The van der Waals surface area contributed by atoms with Crippen LogP contribution in [0.1, 0.15) is 16.2 Å². The van der Waals surface area contributed by atoms with Crippen molar-refractivity contribution in [1.82, 2.24) is 9.38 Å². The third-order valence-corrected chi connectivity index (χ3v) is 2.87. The summed E-state index contributed by atoms with van der Waals surface area (Å²) in [6, 6.07) is 5.29. The van der Waals surface area contributed by atoms with Gasteiger partial charge in [0.1, 0.15) is 15.8 Å². The molecule has 0 aliphatic heterocycles. The number of rotatable bonds is 1. The van der Waals surface area contributed by atoms with Crippen molar-refractivity contribution >= 4 is 27.9 Å². The van der Waals surface area contributed by atoms with Crippen LogP contribution in [0.3, 0.4) is 0 Å². The maximum Gasteiger partial charge on any atom is 0.273 e. The summed E-state index contributed by atoms with van der Waals surface area (Å²) in [6.07, 6.45) is 0.563. The second kappa shape index (κ2) is 3.58. The van der Waals surface area contributed by atoms with Gasteiger partial charge in [-0.1, -0.05) is 6.07 Å². The molecule has 0 aromatic carbocycles. The zero-order valence-electron chi connectivity index (χ0n) is 7.90. The van der Waals surface area contributed by atoms with Crippen LogP contribution < -0.4 is 5.56 Å². The lowest BCUT2D eigenvalue weighted by Gasteiger charge is -2.05.